The number of amides is 1. The Bertz CT molecular complexity index is 1470. The SMILES string of the molecule is O=C(Cn1c2ccccc2n2c(=O)cc(-c3ccccc3)nc12)Nc1ccc(F)cc1. The number of halogens is 1. The Labute approximate surface area is 176 Å². The fraction of sp³-hybridized carbons (Fsp3) is 0.0417. The summed E-state index contributed by atoms with van der Waals surface area (Å²) in [5, 5.41) is 2.76. The lowest BCUT2D eigenvalue weighted by molar-refractivity contribution is -0.116. The summed E-state index contributed by atoms with van der Waals surface area (Å²) in [6.07, 6.45) is 0. The first-order chi connectivity index (χ1) is 15.1. The molecule has 0 radical (unpaired) electrons. The summed E-state index contributed by atoms with van der Waals surface area (Å²) in [5.74, 6) is -0.312. The number of carbonyl (C=O) groups is 1. The van der Waals surface area contributed by atoms with Gasteiger partial charge in [-0.25, -0.2) is 13.8 Å². The summed E-state index contributed by atoms with van der Waals surface area (Å²) in [5.41, 5.74) is 3.00. The van der Waals surface area contributed by atoms with Crippen molar-refractivity contribution in [2.24, 2.45) is 0 Å². The molecule has 0 aliphatic rings. The van der Waals surface area contributed by atoms with E-state index in [4.69, 9.17) is 4.98 Å². The predicted molar refractivity (Wildman–Crippen MR) is 117 cm³/mol. The molecule has 1 N–H and O–H groups in total. The number of hydrogen-bond acceptors (Lipinski definition) is 3. The molecule has 0 saturated carbocycles. The highest BCUT2D eigenvalue weighted by Crippen LogP contribution is 2.22. The molecule has 0 bridgehead atoms. The topological polar surface area (TPSA) is 68.4 Å². The molecular formula is C24H17FN4O2. The first kappa shape index (κ1) is 18.7. The van der Waals surface area contributed by atoms with E-state index in [-0.39, 0.29) is 23.8 Å². The zero-order valence-electron chi connectivity index (χ0n) is 16.3. The van der Waals surface area contributed by atoms with Gasteiger partial charge < -0.3 is 9.88 Å². The van der Waals surface area contributed by atoms with E-state index in [1.165, 1.54) is 34.7 Å². The molecule has 0 aliphatic carbocycles. The van der Waals surface area contributed by atoms with Crippen LogP contribution in [0.5, 0.6) is 0 Å². The first-order valence-electron chi connectivity index (χ1n) is 9.72. The van der Waals surface area contributed by atoms with Crippen molar-refractivity contribution in [2.75, 3.05) is 5.32 Å². The van der Waals surface area contributed by atoms with E-state index in [0.29, 0.717) is 28.2 Å². The van der Waals surface area contributed by atoms with Crippen molar-refractivity contribution in [1.82, 2.24) is 14.0 Å². The van der Waals surface area contributed by atoms with Gasteiger partial charge in [-0.1, -0.05) is 42.5 Å². The lowest BCUT2D eigenvalue weighted by atomic mass is 10.1. The third-order valence-corrected chi connectivity index (χ3v) is 5.06. The largest absolute Gasteiger partial charge is 0.325 e. The Hall–Kier alpha value is -4.26. The molecule has 0 spiro atoms. The van der Waals surface area contributed by atoms with Gasteiger partial charge in [0.25, 0.3) is 5.56 Å². The van der Waals surface area contributed by atoms with Gasteiger partial charge in [-0.2, -0.15) is 0 Å². The smallest absolute Gasteiger partial charge is 0.260 e. The van der Waals surface area contributed by atoms with E-state index in [1.54, 1.807) is 4.57 Å². The standard InChI is InChI=1S/C24H17FN4O2/c25-17-10-12-18(13-11-17)26-22(30)15-28-20-8-4-5-9-21(20)29-23(31)14-19(27-24(28)29)16-6-2-1-3-7-16/h1-14H,15H2,(H,26,30). The number of nitrogens with one attached hydrogen (secondary N) is 1. The fourth-order valence-corrected chi connectivity index (χ4v) is 3.66. The number of nitrogens with zero attached hydrogens (tertiary/aromatic N) is 3. The summed E-state index contributed by atoms with van der Waals surface area (Å²) in [7, 11) is 0. The van der Waals surface area contributed by atoms with Crippen LogP contribution in [0, 0.1) is 5.82 Å². The number of anilines is 1. The minimum Gasteiger partial charge on any atom is -0.325 e. The molecule has 0 fully saturated rings. The highest BCUT2D eigenvalue weighted by atomic mass is 19.1. The Morgan fingerprint density at radius 3 is 2.32 bits per heavy atom. The van der Waals surface area contributed by atoms with Crippen molar-refractivity contribution in [1.29, 1.82) is 0 Å². The molecule has 31 heavy (non-hydrogen) atoms. The van der Waals surface area contributed by atoms with Crippen molar-refractivity contribution in [3.05, 3.63) is 101 Å². The van der Waals surface area contributed by atoms with Crippen LogP contribution in [0.25, 0.3) is 28.1 Å². The lowest BCUT2D eigenvalue weighted by Crippen LogP contribution is -2.20. The molecule has 5 rings (SSSR count). The summed E-state index contributed by atoms with van der Waals surface area (Å²) < 4.78 is 16.4. The van der Waals surface area contributed by atoms with Crippen molar-refractivity contribution >= 4 is 28.4 Å². The van der Waals surface area contributed by atoms with Crippen LogP contribution >= 0.6 is 0 Å². The average molecular weight is 412 g/mol. The molecule has 0 aliphatic heterocycles. The minimum absolute atomic E-state index is 0.0565. The zero-order chi connectivity index (χ0) is 21.4. The highest BCUT2D eigenvalue weighted by Gasteiger charge is 2.17. The molecule has 1 amide bonds. The molecule has 0 atom stereocenters. The summed E-state index contributed by atoms with van der Waals surface area (Å²) in [4.78, 5) is 30.4. The predicted octanol–water partition coefficient (Wildman–Crippen LogP) is 4.09. The second-order valence-electron chi connectivity index (χ2n) is 7.11. The third kappa shape index (κ3) is 3.46. The summed E-state index contributed by atoms with van der Waals surface area (Å²) in [6.45, 7) is -0.0565. The molecular weight excluding hydrogens is 395 g/mol. The lowest BCUT2D eigenvalue weighted by Gasteiger charge is -2.08. The molecule has 6 nitrogen and oxygen atoms in total. The van der Waals surface area contributed by atoms with Gasteiger partial charge in [-0.05, 0) is 36.4 Å². The maximum atomic E-state index is 13.1. The molecule has 3 aromatic carbocycles. The van der Waals surface area contributed by atoms with E-state index in [0.717, 1.165) is 5.56 Å². The summed E-state index contributed by atoms with van der Waals surface area (Å²) >= 11 is 0. The van der Waals surface area contributed by atoms with Crippen LogP contribution in [0.3, 0.4) is 0 Å². The van der Waals surface area contributed by atoms with Crippen LogP contribution < -0.4 is 10.9 Å². The van der Waals surface area contributed by atoms with Gasteiger partial charge >= 0.3 is 0 Å². The maximum Gasteiger partial charge on any atom is 0.260 e. The van der Waals surface area contributed by atoms with Crippen molar-refractivity contribution < 1.29 is 9.18 Å². The Morgan fingerprint density at radius 2 is 1.58 bits per heavy atom. The number of fused-ring (bicyclic) bond motifs is 3. The molecule has 0 unspecified atom stereocenters. The quantitative estimate of drug-likeness (QED) is 0.483. The van der Waals surface area contributed by atoms with E-state index < -0.39 is 0 Å². The van der Waals surface area contributed by atoms with E-state index in [1.807, 2.05) is 54.6 Å². The van der Waals surface area contributed by atoms with Crippen molar-refractivity contribution in [2.45, 2.75) is 6.54 Å². The van der Waals surface area contributed by atoms with Crippen LogP contribution in [-0.2, 0) is 11.3 Å². The van der Waals surface area contributed by atoms with E-state index >= 15 is 0 Å². The Morgan fingerprint density at radius 1 is 0.903 bits per heavy atom. The highest BCUT2D eigenvalue weighted by molar-refractivity contribution is 5.92. The van der Waals surface area contributed by atoms with Crippen molar-refractivity contribution in [3.63, 3.8) is 0 Å². The summed E-state index contributed by atoms with van der Waals surface area (Å²) in [6, 6.07) is 23.8. The number of carbonyl (C=O) groups excluding carboxylic acids is 1. The molecule has 152 valence electrons. The normalized spacial score (nSPS) is 11.1. The second-order valence-corrected chi connectivity index (χ2v) is 7.11. The van der Waals surface area contributed by atoms with Gasteiger partial charge in [0.05, 0.1) is 16.7 Å². The Balaban J connectivity index is 1.63. The van der Waals surface area contributed by atoms with Crippen LogP contribution in [0.1, 0.15) is 0 Å². The zero-order valence-corrected chi connectivity index (χ0v) is 16.3. The Kier molecular flexibility index (Phi) is 4.55. The molecule has 7 heteroatoms. The first-order valence-corrected chi connectivity index (χ1v) is 9.72. The van der Waals surface area contributed by atoms with Crippen molar-refractivity contribution in [3.8, 4) is 11.3 Å². The van der Waals surface area contributed by atoms with Crippen LogP contribution in [-0.4, -0.2) is 19.9 Å². The van der Waals surface area contributed by atoms with Gasteiger partial charge in [0.2, 0.25) is 11.7 Å². The van der Waals surface area contributed by atoms with E-state index in [9.17, 15) is 14.0 Å². The number of hydrogen-bond donors (Lipinski definition) is 1. The molecule has 2 heterocycles. The average Bonchev–Trinajstić information content (AvgIpc) is 3.10. The van der Waals surface area contributed by atoms with Gasteiger partial charge in [-0.15, -0.1) is 0 Å². The molecule has 5 aromatic rings. The van der Waals surface area contributed by atoms with Crippen LogP contribution in [0.2, 0.25) is 0 Å². The molecule has 2 aromatic heterocycles. The van der Waals surface area contributed by atoms with Gasteiger partial charge in [0.15, 0.2) is 0 Å². The minimum atomic E-state index is -0.377. The van der Waals surface area contributed by atoms with Crippen LogP contribution in [0.15, 0.2) is 89.7 Å². The van der Waals surface area contributed by atoms with E-state index in [2.05, 4.69) is 5.32 Å². The molecule has 0 saturated heterocycles. The monoisotopic (exact) mass is 412 g/mol. The second kappa shape index (κ2) is 7.53. The number of benzene rings is 3. The number of para-hydroxylation sites is 2. The van der Waals surface area contributed by atoms with Gasteiger partial charge in [0, 0.05) is 17.3 Å². The fourth-order valence-electron chi connectivity index (χ4n) is 3.66. The third-order valence-electron chi connectivity index (χ3n) is 5.06. The van der Waals surface area contributed by atoms with Gasteiger partial charge in [-0.3, -0.25) is 9.59 Å². The number of aromatic nitrogens is 3. The number of rotatable bonds is 4. The van der Waals surface area contributed by atoms with Crippen LogP contribution in [0.4, 0.5) is 10.1 Å². The number of imidazole rings is 1. The van der Waals surface area contributed by atoms with Gasteiger partial charge in [0.1, 0.15) is 12.4 Å². The maximum absolute atomic E-state index is 13.1.